The first-order valence-corrected chi connectivity index (χ1v) is 9.47. The molecule has 1 amide bonds. The van der Waals surface area contributed by atoms with Crippen molar-refractivity contribution < 1.29 is 9.32 Å². The van der Waals surface area contributed by atoms with E-state index >= 15 is 0 Å². The molecule has 7 heteroatoms. The van der Waals surface area contributed by atoms with Gasteiger partial charge in [-0.1, -0.05) is 41.6 Å². The van der Waals surface area contributed by atoms with Crippen LogP contribution in [0.3, 0.4) is 0 Å². The fourth-order valence-electron chi connectivity index (χ4n) is 3.26. The lowest BCUT2D eigenvalue weighted by atomic mass is 10.1. The molecule has 150 valence electrons. The molecular formula is C23H20N4O3. The summed E-state index contributed by atoms with van der Waals surface area (Å²) in [7, 11) is 0. The number of pyridine rings is 1. The average molecular weight is 400 g/mol. The Bertz CT molecular complexity index is 1240. The van der Waals surface area contributed by atoms with Crippen LogP contribution in [-0.2, 0) is 11.3 Å². The van der Waals surface area contributed by atoms with Crippen LogP contribution in [0.4, 0.5) is 5.69 Å². The number of hydrogen-bond donors (Lipinski definition) is 1. The number of nitrogens with one attached hydrogen (secondary N) is 1. The Kier molecular flexibility index (Phi) is 5.26. The third-order valence-corrected chi connectivity index (χ3v) is 4.53. The van der Waals surface area contributed by atoms with Crippen LogP contribution in [0, 0.1) is 13.8 Å². The maximum absolute atomic E-state index is 12.9. The zero-order chi connectivity index (χ0) is 21.1. The Morgan fingerprint density at radius 3 is 2.50 bits per heavy atom. The monoisotopic (exact) mass is 400 g/mol. The molecule has 0 spiro atoms. The lowest BCUT2D eigenvalue weighted by molar-refractivity contribution is -0.116. The second-order valence-corrected chi connectivity index (χ2v) is 7.07. The molecule has 0 fully saturated rings. The van der Waals surface area contributed by atoms with Crippen molar-refractivity contribution in [3.8, 4) is 22.8 Å². The van der Waals surface area contributed by atoms with Gasteiger partial charge in [-0.3, -0.25) is 9.59 Å². The number of aryl methyl sites for hydroxylation is 2. The highest BCUT2D eigenvalue weighted by Gasteiger charge is 2.16. The van der Waals surface area contributed by atoms with Crippen LogP contribution in [-0.4, -0.2) is 20.6 Å². The van der Waals surface area contributed by atoms with Gasteiger partial charge in [0.15, 0.2) is 0 Å². The first kappa shape index (κ1) is 19.3. The van der Waals surface area contributed by atoms with E-state index in [1.807, 2.05) is 62.4 Å². The molecule has 0 aliphatic carbocycles. The zero-order valence-electron chi connectivity index (χ0n) is 16.6. The van der Waals surface area contributed by atoms with Crippen LogP contribution < -0.4 is 10.9 Å². The van der Waals surface area contributed by atoms with Gasteiger partial charge in [-0.2, -0.15) is 4.98 Å². The van der Waals surface area contributed by atoms with Gasteiger partial charge >= 0.3 is 0 Å². The summed E-state index contributed by atoms with van der Waals surface area (Å²) in [5, 5.41) is 6.79. The average Bonchev–Trinajstić information content (AvgIpc) is 3.19. The van der Waals surface area contributed by atoms with Gasteiger partial charge in [-0.05, 0) is 49.2 Å². The van der Waals surface area contributed by atoms with Gasteiger partial charge in [0.05, 0.1) is 0 Å². The van der Waals surface area contributed by atoms with Crippen molar-refractivity contribution in [1.82, 2.24) is 14.7 Å². The van der Waals surface area contributed by atoms with Gasteiger partial charge in [0.1, 0.15) is 12.1 Å². The van der Waals surface area contributed by atoms with E-state index in [0.717, 1.165) is 16.7 Å². The van der Waals surface area contributed by atoms with Crippen molar-refractivity contribution in [2.24, 2.45) is 0 Å². The largest absolute Gasteiger partial charge is 0.333 e. The van der Waals surface area contributed by atoms with E-state index in [0.29, 0.717) is 11.5 Å². The van der Waals surface area contributed by atoms with Crippen LogP contribution >= 0.6 is 0 Å². The molecule has 0 bridgehead atoms. The standard InChI is InChI=1S/C23H20N4O3/c1-15-11-16(2)13-18(12-15)24-20(28)14-27-10-6-9-19(23(27)29)22-25-21(26-30-22)17-7-4-3-5-8-17/h3-13H,14H2,1-2H3,(H,24,28). The molecule has 0 saturated carbocycles. The van der Waals surface area contributed by atoms with Crippen molar-refractivity contribution in [2.45, 2.75) is 20.4 Å². The minimum Gasteiger partial charge on any atom is -0.333 e. The van der Waals surface area contributed by atoms with E-state index in [2.05, 4.69) is 15.5 Å². The number of benzene rings is 2. The summed E-state index contributed by atoms with van der Waals surface area (Å²) >= 11 is 0. The molecule has 0 saturated heterocycles. The number of rotatable bonds is 5. The van der Waals surface area contributed by atoms with Crippen LogP contribution in [0.5, 0.6) is 0 Å². The quantitative estimate of drug-likeness (QED) is 0.550. The summed E-state index contributed by atoms with van der Waals surface area (Å²) in [5.41, 5.74) is 3.45. The van der Waals surface area contributed by atoms with Gasteiger partial charge < -0.3 is 14.4 Å². The van der Waals surface area contributed by atoms with Crippen molar-refractivity contribution in [3.05, 3.63) is 88.3 Å². The van der Waals surface area contributed by atoms with E-state index in [1.54, 1.807) is 18.3 Å². The van der Waals surface area contributed by atoms with Crippen molar-refractivity contribution in [2.75, 3.05) is 5.32 Å². The Balaban J connectivity index is 1.55. The molecule has 0 aliphatic rings. The fraction of sp³-hybridized carbons (Fsp3) is 0.130. The van der Waals surface area contributed by atoms with Crippen molar-refractivity contribution >= 4 is 11.6 Å². The molecule has 2 heterocycles. The van der Waals surface area contributed by atoms with Crippen LogP contribution in [0.1, 0.15) is 11.1 Å². The van der Waals surface area contributed by atoms with Gasteiger partial charge in [-0.25, -0.2) is 0 Å². The van der Waals surface area contributed by atoms with Gasteiger partial charge in [0, 0.05) is 17.4 Å². The van der Waals surface area contributed by atoms with E-state index in [-0.39, 0.29) is 29.5 Å². The fourth-order valence-corrected chi connectivity index (χ4v) is 3.26. The molecule has 0 radical (unpaired) electrons. The van der Waals surface area contributed by atoms with Crippen molar-refractivity contribution in [3.63, 3.8) is 0 Å². The maximum Gasteiger partial charge on any atom is 0.263 e. The lowest BCUT2D eigenvalue weighted by Gasteiger charge is -2.09. The van der Waals surface area contributed by atoms with Gasteiger partial charge in [0.2, 0.25) is 11.7 Å². The minimum absolute atomic E-state index is 0.114. The number of aromatic nitrogens is 3. The highest BCUT2D eigenvalue weighted by atomic mass is 16.5. The van der Waals surface area contributed by atoms with Crippen LogP contribution in [0.2, 0.25) is 0 Å². The van der Waals surface area contributed by atoms with E-state index < -0.39 is 0 Å². The zero-order valence-corrected chi connectivity index (χ0v) is 16.6. The predicted molar refractivity (Wildman–Crippen MR) is 114 cm³/mol. The summed E-state index contributed by atoms with van der Waals surface area (Å²) in [6, 6.07) is 18.4. The molecule has 4 rings (SSSR count). The topological polar surface area (TPSA) is 90.0 Å². The second-order valence-electron chi connectivity index (χ2n) is 7.07. The molecule has 1 N–H and O–H groups in total. The predicted octanol–water partition coefficient (Wildman–Crippen LogP) is 3.82. The number of hydrogen-bond acceptors (Lipinski definition) is 5. The Hall–Kier alpha value is -4.00. The Morgan fingerprint density at radius 1 is 1.03 bits per heavy atom. The first-order chi connectivity index (χ1) is 14.5. The molecule has 2 aromatic carbocycles. The Morgan fingerprint density at radius 2 is 1.77 bits per heavy atom. The number of nitrogens with zero attached hydrogens (tertiary/aromatic N) is 3. The number of carbonyl (C=O) groups is 1. The molecule has 0 aliphatic heterocycles. The summed E-state index contributed by atoms with van der Waals surface area (Å²) in [6.45, 7) is 3.80. The molecule has 2 aromatic heterocycles. The highest BCUT2D eigenvalue weighted by molar-refractivity contribution is 5.90. The summed E-state index contributed by atoms with van der Waals surface area (Å²) in [5.74, 6) is 0.214. The third-order valence-electron chi connectivity index (χ3n) is 4.53. The molecule has 4 aromatic rings. The third kappa shape index (κ3) is 4.20. The number of carbonyl (C=O) groups excluding carboxylic acids is 1. The van der Waals surface area contributed by atoms with Crippen LogP contribution in [0.15, 0.2) is 76.2 Å². The van der Waals surface area contributed by atoms with Gasteiger partial charge in [-0.15, -0.1) is 0 Å². The molecule has 0 unspecified atom stereocenters. The van der Waals surface area contributed by atoms with E-state index in [4.69, 9.17) is 4.52 Å². The van der Waals surface area contributed by atoms with E-state index in [9.17, 15) is 9.59 Å². The minimum atomic E-state index is -0.378. The normalized spacial score (nSPS) is 10.7. The first-order valence-electron chi connectivity index (χ1n) is 9.47. The smallest absolute Gasteiger partial charge is 0.263 e. The number of anilines is 1. The maximum atomic E-state index is 12.9. The summed E-state index contributed by atoms with van der Waals surface area (Å²) in [6.07, 6.45) is 1.56. The Labute approximate surface area is 173 Å². The molecular weight excluding hydrogens is 380 g/mol. The lowest BCUT2D eigenvalue weighted by Crippen LogP contribution is -2.28. The second kappa shape index (κ2) is 8.16. The molecule has 7 nitrogen and oxygen atoms in total. The molecule has 30 heavy (non-hydrogen) atoms. The van der Waals surface area contributed by atoms with Crippen molar-refractivity contribution in [1.29, 1.82) is 0 Å². The SMILES string of the molecule is Cc1cc(C)cc(NC(=O)Cn2cccc(-c3nc(-c4ccccc4)no3)c2=O)c1. The van der Waals surface area contributed by atoms with Gasteiger partial charge in [0.25, 0.3) is 11.4 Å². The highest BCUT2D eigenvalue weighted by Crippen LogP contribution is 2.19. The van der Waals surface area contributed by atoms with E-state index in [1.165, 1.54) is 4.57 Å². The van der Waals surface area contributed by atoms with Crippen LogP contribution in [0.25, 0.3) is 22.8 Å². The number of amides is 1. The summed E-state index contributed by atoms with van der Waals surface area (Å²) in [4.78, 5) is 29.7. The summed E-state index contributed by atoms with van der Waals surface area (Å²) < 4.78 is 6.61. The molecule has 0 atom stereocenters.